The minimum absolute atomic E-state index is 0.00292. The van der Waals surface area contributed by atoms with Crippen LogP contribution in [-0.2, 0) is 25.2 Å². The first-order valence-electron chi connectivity index (χ1n) is 19.5. The van der Waals surface area contributed by atoms with Gasteiger partial charge < -0.3 is 20.2 Å². The lowest BCUT2D eigenvalue weighted by molar-refractivity contribution is -0.136. The van der Waals surface area contributed by atoms with Crippen molar-refractivity contribution in [3.05, 3.63) is 77.1 Å². The van der Waals surface area contributed by atoms with Gasteiger partial charge in [-0.05, 0) is 73.4 Å². The van der Waals surface area contributed by atoms with Crippen molar-refractivity contribution in [2.24, 2.45) is 5.92 Å². The van der Waals surface area contributed by atoms with E-state index in [1.807, 2.05) is 19.1 Å². The highest BCUT2D eigenvalue weighted by Crippen LogP contribution is 2.40. The average Bonchev–Trinajstić information content (AvgIpc) is 3.42. The van der Waals surface area contributed by atoms with E-state index in [9.17, 15) is 37.1 Å². The lowest BCUT2D eigenvalue weighted by Gasteiger charge is -2.48. The van der Waals surface area contributed by atoms with E-state index in [4.69, 9.17) is 4.98 Å². The van der Waals surface area contributed by atoms with E-state index in [-0.39, 0.29) is 66.1 Å². The number of nitrogens with one attached hydrogen (secondary N) is 2. The van der Waals surface area contributed by atoms with E-state index in [0.29, 0.717) is 30.7 Å². The fourth-order valence-electron chi connectivity index (χ4n) is 8.60. The number of piperidine rings is 2. The molecule has 4 amide bonds. The molecular weight excluding hydrogens is 768 g/mol. The summed E-state index contributed by atoms with van der Waals surface area (Å²) in [5.74, 6) is -1.86. The minimum atomic E-state index is -3.77. The van der Waals surface area contributed by atoms with Gasteiger partial charge in [0.05, 0.1) is 35.3 Å². The van der Waals surface area contributed by atoms with E-state index >= 15 is 0 Å². The van der Waals surface area contributed by atoms with E-state index < -0.39 is 57.0 Å². The van der Waals surface area contributed by atoms with Gasteiger partial charge in [-0.15, -0.1) is 0 Å². The van der Waals surface area contributed by atoms with Gasteiger partial charge in [-0.1, -0.05) is 32.0 Å². The van der Waals surface area contributed by atoms with Gasteiger partial charge in [0.25, 0.3) is 11.8 Å². The van der Waals surface area contributed by atoms with Crippen LogP contribution in [0.15, 0.2) is 54.9 Å². The maximum absolute atomic E-state index is 14.9. The molecule has 6 heterocycles. The Morgan fingerprint density at radius 3 is 2.55 bits per heavy atom. The van der Waals surface area contributed by atoms with Gasteiger partial charge in [0.1, 0.15) is 17.7 Å². The highest BCUT2D eigenvalue weighted by Gasteiger charge is 2.46. The normalized spacial score (nSPS) is 25.0. The molecule has 5 atom stereocenters. The Morgan fingerprint density at radius 1 is 1.03 bits per heavy atom. The van der Waals surface area contributed by atoms with E-state index in [2.05, 4.69) is 45.4 Å². The third-order valence-electron chi connectivity index (χ3n) is 11.9. The van der Waals surface area contributed by atoms with Crippen LogP contribution < -0.4 is 20.4 Å². The van der Waals surface area contributed by atoms with Crippen LogP contribution in [0.2, 0.25) is 0 Å². The summed E-state index contributed by atoms with van der Waals surface area (Å²) >= 11 is 0. The molecule has 2 aromatic heterocycles. The molecule has 0 saturated carbocycles. The van der Waals surface area contributed by atoms with Crippen LogP contribution in [0.4, 0.5) is 27.7 Å². The second-order valence-corrected chi connectivity index (χ2v) is 18.4. The molecule has 4 aliphatic heterocycles. The zero-order valence-electron chi connectivity index (χ0n) is 32.6. The molecule has 17 heteroatoms. The second kappa shape index (κ2) is 14.7. The molecule has 304 valence electrons. The molecule has 0 spiro atoms. The number of aliphatic hydroxyl groups excluding tert-OH is 1. The van der Waals surface area contributed by atoms with Crippen LogP contribution in [0.3, 0.4) is 0 Å². The Labute approximate surface area is 335 Å². The van der Waals surface area contributed by atoms with Crippen molar-refractivity contribution in [1.82, 2.24) is 25.2 Å². The fourth-order valence-corrected chi connectivity index (χ4v) is 10.5. The Balaban J connectivity index is 0.972. The number of nitrogens with zero attached hydrogens (tertiary/aromatic N) is 6. The zero-order valence-corrected chi connectivity index (χ0v) is 33.4. The molecule has 3 N–H and O–H groups in total. The monoisotopic (exact) mass is 812 g/mol. The van der Waals surface area contributed by atoms with Gasteiger partial charge in [0.15, 0.2) is 15.5 Å². The van der Waals surface area contributed by atoms with Crippen LogP contribution in [0, 0.1) is 5.92 Å². The number of amides is 4. The summed E-state index contributed by atoms with van der Waals surface area (Å²) in [6.45, 7) is 8.44. The number of carbonyl (C=O) groups excluding carboxylic acids is 4. The topological polar surface area (TPSA) is 195 Å². The van der Waals surface area contributed by atoms with Crippen molar-refractivity contribution in [1.29, 1.82) is 0 Å². The van der Waals surface area contributed by atoms with Crippen LogP contribution in [0.25, 0.3) is 10.8 Å². The third kappa shape index (κ3) is 7.14. The minimum Gasteiger partial charge on any atom is -0.390 e. The number of halogens is 1. The summed E-state index contributed by atoms with van der Waals surface area (Å²) in [5, 5.41) is 17.4. The van der Waals surface area contributed by atoms with Crippen molar-refractivity contribution in [2.75, 3.05) is 40.5 Å². The lowest BCUT2D eigenvalue weighted by Crippen LogP contribution is -2.57. The number of rotatable bonds is 10. The summed E-state index contributed by atoms with van der Waals surface area (Å²) in [7, 11) is -3.77. The Bertz CT molecular complexity index is 2480. The first-order chi connectivity index (χ1) is 27.5. The molecule has 2 aromatic carbocycles. The SMILES string of the molecule is CC(C)c1ccc(N2C[C@H](CS(=O)(=O)Cc3cccc4c3C(=O)N(C3CCC(=O)NC3=O)C4=O)[C@H]2C)c2cnc(Nc3ccnc(N4CC[C@@H](O)[C@@](C)(F)C4)n3)cc12. The Kier molecular flexibility index (Phi) is 9.94. The maximum atomic E-state index is 14.9. The zero-order chi connectivity index (χ0) is 41.3. The number of hydrogen-bond donors (Lipinski definition) is 3. The number of hydrogen-bond acceptors (Lipinski definition) is 13. The van der Waals surface area contributed by atoms with Crippen molar-refractivity contribution < 1.29 is 37.1 Å². The van der Waals surface area contributed by atoms with Crippen molar-refractivity contribution in [3.8, 4) is 0 Å². The largest absolute Gasteiger partial charge is 0.390 e. The van der Waals surface area contributed by atoms with Gasteiger partial charge >= 0.3 is 0 Å². The summed E-state index contributed by atoms with van der Waals surface area (Å²) in [6, 6.07) is 11.0. The summed E-state index contributed by atoms with van der Waals surface area (Å²) in [6.07, 6.45) is 2.60. The van der Waals surface area contributed by atoms with Crippen LogP contribution in [0.1, 0.15) is 84.7 Å². The van der Waals surface area contributed by atoms with Gasteiger partial charge in [0, 0.05) is 54.9 Å². The molecule has 3 fully saturated rings. The number of imide groups is 2. The van der Waals surface area contributed by atoms with Gasteiger partial charge in [-0.3, -0.25) is 29.4 Å². The summed E-state index contributed by atoms with van der Waals surface area (Å²) in [5.41, 5.74) is 0.468. The lowest BCUT2D eigenvalue weighted by atomic mass is 9.88. The molecule has 4 aromatic rings. The number of pyridine rings is 1. The number of aromatic nitrogens is 3. The van der Waals surface area contributed by atoms with Gasteiger partial charge in [-0.2, -0.15) is 4.98 Å². The van der Waals surface area contributed by atoms with Crippen LogP contribution in [0.5, 0.6) is 0 Å². The number of benzene rings is 2. The van der Waals surface area contributed by atoms with Crippen molar-refractivity contribution in [2.45, 2.75) is 82.5 Å². The predicted molar refractivity (Wildman–Crippen MR) is 214 cm³/mol. The number of sulfone groups is 1. The quantitative estimate of drug-likeness (QED) is 0.195. The highest BCUT2D eigenvalue weighted by molar-refractivity contribution is 7.90. The standard InChI is InChI=1S/C41H45FN8O7S/c1-22(2)26-8-9-30(29-17-44-34(16-28(26)29)45-33-12-14-43-40(46-33)48-15-13-32(51)41(4,42)21-48)49-18-25(23(49)3)20-58(56,57)19-24-6-5-7-27-36(24)39(55)50(38(27)54)31-10-11-35(52)47-37(31)53/h5-9,12,14,16-17,22-23,25,31-32,51H,10-11,13,15,18-21H2,1-4H3,(H,47,52,53)(H,43,44,45,46)/t23-,25-,31?,32-,41+/m1/s1. The number of fused-ring (bicyclic) bond motifs is 2. The molecule has 0 aliphatic carbocycles. The first kappa shape index (κ1) is 39.3. The van der Waals surface area contributed by atoms with Crippen LogP contribution >= 0.6 is 0 Å². The molecule has 8 rings (SSSR count). The van der Waals surface area contributed by atoms with E-state index in [1.54, 1.807) is 23.4 Å². The maximum Gasteiger partial charge on any atom is 0.262 e. The van der Waals surface area contributed by atoms with E-state index in [0.717, 1.165) is 26.9 Å². The molecule has 58 heavy (non-hydrogen) atoms. The number of anilines is 4. The molecule has 3 saturated heterocycles. The van der Waals surface area contributed by atoms with Crippen LogP contribution in [-0.4, -0.2) is 106 Å². The number of aliphatic hydroxyl groups is 1. The number of alkyl halides is 1. The molecular formula is C41H45FN8O7S. The van der Waals surface area contributed by atoms with E-state index in [1.165, 1.54) is 25.1 Å². The second-order valence-electron chi connectivity index (χ2n) is 16.3. The summed E-state index contributed by atoms with van der Waals surface area (Å²) < 4.78 is 42.4. The van der Waals surface area contributed by atoms with Crippen molar-refractivity contribution in [3.63, 3.8) is 0 Å². The first-order valence-corrected chi connectivity index (χ1v) is 21.3. The molecule has 4 aliphatic rings. The Hall–Kier alpha value is -5.55. The molecule has 0 bridgehead atoms. The molecule has 1 unspecified atom stereocenters. The fraction of sp³-hybridized carbons (Fsp3) is 0.439. The highest BCUT2D eigenvalue weighted by atomic mass is 32.2. The molecule has 15 nitrogen and oxygen atoms in total. The molecule has 0 radical (unpaired) electrons. The smallest absolute Gasteiger partial charge is 0.262 e. The average molecular weight is 813 g/mol. The predicted octanol–water partition coefficient (Wildman–Crippen LogP) is 4.03. The van der Waals surface area contributed by atoms with Crippen molar-refractivity contribution >= 4 is 67.5 Å². The number of carbonyl (C=O) groups is 4. The Morgan fingerprint density at radius 2 is 1.83 bits per heavy atom. The third-order valence-corrected chi connectivity index (χ3v) is 13.6. The van der Waals surface area contributed by atoms with Gasteiger partial charge in [-0.25, -0.2) is 22.8 Å². The summed E-state index contributed by atoms with van der Waals surface area (Å²) in [4.78, 5) is 69.5. The van der Waals surface area contributed by atoms with Gasteiger partial charge in [0.2, 0.25) is 17.8 Å².